The molecule has 8 heteroatoms. The standard InChI is InChI=1S/C19H15ClF2N2O3/c1-11-6-13(7-19(25)26)16(22)9-17(11)24-5-4-18(23-24)27-10-12-2-3-14(20)8-15(12)21/h2-6,8-9H,7,10H2,1H3,(H,25,26). The number of ether oxygens (including phenoxy) is 1. The third-order valence-electron chi connectivity index (χ3n) is 3.91. The van der Waals surface area contributed by atoms with Gasteiger partial charge in [0.1, 0.15) is 18.2 Å². The van der Waals surface area contributed by atoms with Crippen LogP contribution in [0.2, 0.25) is 5.02 Å². The largest absolute Gasteiger partial charge is 0.481 e. The van der Waals surface area contributed by atoms with Crippen molar-refractivity contribution in [2.45, 2.75) is 20.0 Å². The molecule has 0 atom stereocenters. The topological polar surface area (TPSA) is 64.3 Å². The highest BCUT2D eigenvalue weighted by Crippen LogP contribution is 2.22. The average molecular weight is 393 g/mol. The predicted molar refractivity (Wildman–Crippen MR) is 95.3 cm³/mol. The van der Waals surface area contributed by atoms with Crippen LogP contribution in [0, 0.1) is 18.6 Å². The second kappa shape index (κ2) is 7.75. The van der Waals surface area contributed by atoms with Crippen LogP contribution in [0.25, 0.3) is 5.69 Å². The van der Waals surface area contributed by atoms with Gasteiger partial charge in [-0.2, -0.15) is 0 Å². The molecular formula is C19H15ClF2N2O3. The van der Waals surface area contributed by atoms with Crippen molar-refractivity contribution in [2.24, 2.45) is 0 Å². The van der Waals surface area contributed by atoms with E-state index in [1.165, 1.54) is 28.9 Å². The molecule has 0 unspecified atom stereocenters. The number of halogens is 3. The number of aryl methyl sites for hydroxylation is 1. The highest BCUT2D eigenvalue weighted by atomic mass is 35.5. The second-order valence-corrected chi connectivity index (χ2v) is 6.36. The summed E-state index contributed by atoms with van der Waals surface area (Å²) in [5, 5.41) is 13.3. The number of carboxylic acids is 1. The summed E-state index contributed by atoms with van der Waals surface area (Å²) in [4.78, 5) is 10.8. The quantitative estimate of drug-likeness (QED) is 0.678. The molecule has 0 radical (unpaired) electrons. The van der Waals surface area contributed by atoms with E-state index in [2.05, 4.69) is 5.10 Å². The highest BCUT2D eigenvalue weighted by molar-refractivity contribution is 6.30. The van der Waals surface area contributed by atoms with Gasteiger partial charge in [0.2, 0.25) is 5.88 Å². The molecule has 0 bridgehead atoms. The zero-order chi connectivity index (χ0) is 19.6. The van der Waals surface area contributed by atoms with Crippen molar-refractivity contribution in [3.05, 3.63) is 75.9 Å². The first kappa shape index (κ1) is 18.8. The van der Waals surface area contributed by atoms with Gasteiger partial charge in [-0.15, -0.1) is 5.10 Å². The molecule has 0 aliphatic heterocycles. The first-order valence-electron chi connectivity index (χ1n) is 7.97. The molecule has 0 fully saturated rings. The maximum Gasteiger partial charge on any atom is 0.307 e. The Kier molecular flexibility index (Phi) is 5.41. The van der Waals surface area contributed by atoms with Crippen molar-refractivity contribution < 1.29 is 23.4 Å². The smallest absolute Gasteiger partial charge is 0.307 e. The Bertz CT molecular complexity index is 1000. The Morgan fingerprint density at radius 1 is 1.19 bits per heavy atom. The number of carbonyl (C=O) groups is 1. The number of rotatable bonds is 6. The molecule has 5 nitrogen and oxygen atoms in total. The van der Waals surface area contributed by atoms with Crippen LogP contribution < -0.4 is 4.74 Å². The molecule has 1 N–H and O–H groups in total. The Hall–Kier alpha value is -2.93. The Labute approximate surface area is 158 Å². The van der Waals surface area contributed by atoms with Crippen LogP contribution in [0.5, 0.6) is 5.88 Å². The molecule has 2 aromatic carbocycles. The molecule has 0 amide bonds. The van der Waals surface area contributed by atoms with Crippen molar-refractivity contribution in [1.82, 2.24) is 9.78 Å². The van der Waals surface area contributed by atoms with Gasteiger partial charge in [-0.1, -0.05) is 23.7 Å². The van der Waals surface area contributed by atoms with Crippen LogP contribution in [-0.2, 0) is 17.8 Å². The zero-order valence-electron chi connectivity index (χ0n) is 14.2. The van der Waals surface area contributed by atoms with Crippen molar-refractivity contribution in [1.29, 1.82) is 0 Å². The van der Waals surface area contributed by atoms with Gasteiger partial charge in [-0.25, -0.2) is 13.5 Å². The van der Waals surface area contributed by atoms with E-state index in [9.17, 15) is 13.6 Å². The lowest BCUT2D eigenvalue weighted by Gasteiger charge is -2.09. The van der Waals surface area contributed by atoms with Crippen LogP contribution in [-0.4, -0.2) is 20.9 Å². The minimum absolute atomic E-state index is 0.0368. The summed E-state index contributed by atoms with van der Waals surface area (Å²) in [6.07, 6.45) is 1.18. The molecular weight excluding hydrogens is 378 g/mol. The fraction of sp³-hybridized carbons (Fsp3) is 0.158. The summed E-state index contributed by atoms with van der Waals surface area (Å²) in [6.45, 7) is 1.69. The number of hydrogen-bond acceptors (Lipinski definition) is 3. The fourth-order valence-corrected chi connectivity index (χ4v) is 2.74. The van der Waals surface area contributed by atoms with Crippen molar-refractivity contribution in [3.63, 3.8) is 0 Å². The number of hydrogen-bond donors (Lipinski definition) is 1. The van der Waals surface area contributed by atoms with E-state index in [1.807, 2.05) is 0 Å². The normalized spacial score (nSPS) is 10.8. The lowest BCUT2D eigenvalue weighted by molar-refractivity contribution is -0.136. The molecule has 0 aliphatic carbocycles. The molecule has 3 aromatic rings. The summed E-state index contributed by atoms with van der Waals surface area (Å²) >= 11 is 5.71. The molecule has 1 heterocycles. The Morgan fingerprint density at radius 3 is 2.63 bits per heavy atom. The van der Waals surface area contributed by atoms with E-state index in [0.29, 0.717) is 21.8 Å². The molecule has 140 valence electrons. The highest BCUT2D eigenvalue weighted by Gasteiger charge is 2.13. The van der Waals surface area contributed by atoms with Gasteiger partial charge in [-0.3, -0.25) is 4.79 Å². The van der Waals surface area contributed by atoms with Crippen LogP contribution in [0.4, 0.5) is 8.78 Å². The maximum absolute atomic E-state index is 14.1. The van der Waals surface area contributed by atoms with Crippen molar-refractivity contribution in [2.75, 3.05) is 0 Å². The molecule has 0 saturated heterocycles. The van der Waals surface area contributed by atoms with Gasteiger partial charge < -0.3 is 9.84 Å². The number of nitrogens with zero attached hydrogens (tertiary/aromatic N) is 2. The van der Waals surface area contributed by atoms with E-state index in [0.717, 1.165) is 0 Å². The van der Waals surface area contributed by atoms with Crippen LogP contribution in [0.15, 0.2) is 42.6 Å². The Morgan fingerprint density at radius 2 is 1.93 bits per heavy atom. The maximum atomic E-state index is 14.1. The minimum atomic E-state index is -1.11. The monoisotopic (exact) mass is 392 g/mol. The summed E-state index contributed by atoms with van der Waals surface area (Å²) in [5.74, 6) is -1.97. The van der Waals surface area contributed by atoms with Gasteiger partial charge in [0, 0.05) is 28.9 Å². The molecule has 27 heavy (non-hydrogen) atoms. The molecule has 0 spiro atoms. The number of aromatic nitrogens is 2. The lowest BCUT2D eigenvalue weighted by atomic mass is 10.1. The first-order chi connectivity index (χ1) is 12.8. The van der Waals surface area contributed by atoms with Crippen molar-refractivity contribution >= 4 is 17.6 Å². The van der Waals surface area contributed by atoms with E-state index in [4.69, 9.17) is 21.4 Å². The Balaban J connectivity index is 1.77. The fourth-order valence-electron chi connectivity index (χ4n) is 2.58. The first-order valence-corrected chi connectivity index (χ1v) is 8.35. The van der Waals surface area contributed by atoms with Gasteiger partial charge in [0.05, 0.1) is 12.1 Å². The predicted octanol–water partition coefficient (Wildman–Crippen LogP) is 4.32. The molecule has 1 aromatic heterocycles. The van der Waals surface area contributed by atoms with E-state index in [1.54, 1.807) is 25.3 Å². The van der Waals surface area contributed by atoms with E-state index in [-0.39, 0.29) is 18.1 Å². The van der Waals surface area contributed by atoms with Gasteiger partial charge in [-0.05, 0) is 30.2 Å². The number of benzene rings is 2. The number of aliphatic carboxylic acids is 1. The minimum Gasteiger partial charge on any atom is -0.481 e. The molecule has 3 rings (SSSR count). The summed E-state index contributed by atoms with van der Waals surface area (Å²) in [7, 11) is 0. The second-order valence-electron chi connectivity index (χ2n) is 5.92. The summed E-state index contributed by atoms with van der Waals surface area (Å²) in [6, 6.07) is 8.55. The lowest BCUT2D eigenvalue weighted by Crippen LogP contribution is -2.06. The summed E-state index contributed by atoms with van der Waals surface area (Å²) < 4.78 is 34.8. The van der Waals surface area contributed by atoms with E-state index >= 15 is 0 Å². The van der Waals surface area contributed by atoms with Crippen LogP contribution in [0.1, 0.15) is 16.7 Å². The zero-order valence-corrected chi connectivity index (χ0v) is 15.0. The van der Waals surface area contributed by atoms with Gasteiger partial charge >= 0.3 is 5.97 Å². The third-order valence-corrected chi connectivity index (χ3v) is 4.14. The average Bonchev–Trinajstić information content (AvgIpc) is 3.05. The SMILES string of the molecule is Cc1cc(CC(=O)O)c(F)cc1-n1ccc(OCc2ccc(Cl)cc2F)n1. The van der Waals surface area contributed by atoms with Crippen LogP contribution >= 0.6 is 11.6 Å². The third kappa shape index (κ3) is 4.43. The van der Waals surface area contributed by atoms with Crippen LogP contribution in [0.3, 0.4) is 0 Å². The number of carboxylic acid groups (broad SMARTS) is 1. The summed E-state index contributed by atoms with van der Waals surface area (Å²) in [5.41, 5.74) is 1.54. The van der Waals surface area contributed by atoms with Gasteiger partial charge in [0.25, 0.3) is 0 Å². The van der Waals surface area contributed by atoms with Gasteiger partial charge in [0.15, 0.2) is 0 Å². The van der Waals surface area contributed by atoms with Crippen molar-refractivity contribution in [3.8, 4) is 11.6 Å². The van der Waals surface area contributed by atoms with E-state index < -0.39 is 24.0 Å². The molecule has 0 saturated carbocycles. The molecule has 0 aliphatic rings.